The number of carbonyl (C=O) groups excluding carboxylic acids is 1. The van der Waals surface area contributed by atoms with E-state index in [1.807, 2.05) is 84.9 Å². The number of anilines is 1. The molecule has 3 rings (SSSR count). The Morgan fingerprint density at radius 2 is 1.48 bits per heavy atom. The number of ether oxygens (including phenoxy) is 1. The van der Waals surface area contributed by atoms with Crippen LogP contribution in [0.4, 0.5) is 5.69 Å². The molecular formula is C22H21NO2. The Kier molecular flexibility index (Phi) is 5.47. The first-order valence-corrected chi connectivity index (χ1v) is 8.30. The fourth-order valence-corrected chi connectivity index (χ4v) is 2.75. The smallest absolute Gasteiger partial charge is 0.165 e. The van der Waals surface area contributed by atoms with E-state index in [1.165, 1.54) is 0 Å². The molecule has 1 N–H and O–H groups in total. The van der Waals surface area contributed by atoms with Crippen LogP contribution in [0.1, 0.15) is 28.4 Å². The van der Waals surface area contributed by atoms with Crippen LogP contribution >= 0.6 is 0 Å². The van der Waals surface area contributed by atoms with Crippen LogP contribution < -0.4 is 10.1 Å². The van der Waals surface area contributed by atoms with Crippen molar-refractivity contribution in [3.05, 3.63) is 96.1 Å². The Hall–Kier alpha value is -3.07. The largest absolute Gasteiger partial charge is 0.497 e. The minimum atomic E-state index is -0.110. The Bertz CT molecular complexity index is 798. The van der Waals surface area contributed by atoms with Crippen LogP contribution in [0.2, 0.25) is 0 Å². The molecule has 0 spiro atoms. The fourth-order valence-electron chi connectivity index (χ4n) is 2.75. The number of nitrogens with one attached hydrogen (secondary N) is 1. The Balaban J connectivity index is 1.84. The summed E-state index contributed by atoms with van der Waals surface area (Å²) in [6.07, 6.45) is 0.380. The van der Waals surface area contributed by atoms with Gasteiger partial charge in [-0.15, -0.1) is 0 Å². The molecular weight excluding hydrogens is 310 g/mol. The molecule has 0 aliphatic rings. The van der Waals surface area contributed by atoms with Gasteiger partial charge in [0, 0.05) is 17.7 Å². The van der Waals surface area contributed by atoms with E-state index >= 15 is 0 Å². The maximum atomic E-state index is 12.7. The van der Waals surface area contributed by atoms with Gasteiger partial charge < -0.3 is 10.1 Å². The standard InChI is InChI=1S/C22H21NO2/c1-25-20-14-12-17(13-15-20)21(23-19-10-6-3-7-11-19)16-22(24)18-8-4-2-5-9-18/h2-15,21,23H,16H2,1H3. The second-order valence-corrected chi connectivity index (χ2v) is 5.83. The van der Waals surface area contributed by atoms with Gasteiger partial charge in [0.05, 0.1) is 13.2 Å². The SMILES string of the molecule is COc1ccc(C(CC(=O)c2ccccc2)Nc2ccccc2)cc1. The molecule has 1 unspecified atom stereocenters. The van der Waals surface area contributed by atoms with Crippen molar-refractivity contribution in [1.29, 1.82) is 0 Å². The van der Waals surface area contributed by atoms with Gasteiger partial charge in [-0.2, -0.15) is 0 Å². The molecule has 0 fully saturated rings. The van der Waals surface area contributed by atoms with Crippen molar-refractivity contribution >= 4 is 11.5 Å². The van der Waals surface area contributed by atoms with Crippen molar-refractivity contribution in [2.75, 3.05) is 12.4 Å². The lowest BCUT2D eigenvalue weighted by atomic mass is 9.97. The molecule has 0 amide bonds. The monoisotopic (exact) mass is 331 g/mol. The summed E-state index contributed by atoms with van der Waals surface area (Å²) in [5.41, 5.74) is 2.77. The Morgan fingerprint density at radius 3 is 2.08 bits per heavy atom. The molecule has 126 valence electrons. The lowest BCUT2D eigenvalue weighted by Gasteiger charge is -2.20. The molecule has 3 aromatic rings. The van der Waals surface area contributed by atoms with Crippen molar-refractivity contribution in [3.8, 4) is 5.75 Å². The van der Waals surface area contributed by atoms with Gasteiger partial charge in [0.15, 0.2) is 5.78 Å². The van der Waals surface area contributed by atoms with Crippen molar-refractivity contribution in [2.45, 2.75) is 12.5 Å². The summed E-state index contributed by atoms with van der Waals surface area (Å²) < 4.78 is 5.23. The van der Waals surface area contributed by atoms with E-state index in [4.69, 9.17) is 4.74 Å². The zero-order valence-electron chi connectivity index (χ0n) is 14.2. The van der Waals surface area contributed by atoms with Gasteiger partial charge in [0.2, 0.25) is 0 Å². The predicted octanol–water partition coefficient (Wildman–Crippen LogP) is 5.12. The van der Waals surface area contributed by atoms with Gasteiger partial charge in [-0.3, -0.25) is 4.79 Å². The van der Waals surface area contributed by atoms with Crippen molar-refractivity contribution in [1.82, 2.24) is 0 Å². The summed E-state index contributed by atoms with van der Waals surface area (Å²) in [5.74, 6) is 0.918. The summed E-state index contributed by atoms with van der Waals surface area (Å²) in [6, 6.07) is 27.1. The fraction of sp³-hybridized carbons (Fsp3) is 0.136. The van der Waals surface area contributed by atoms with Gasteiger partial charge in [-0.1, -0.05) is 60.7 Å². The average molecular weight is 331 g/mol. The molecule has 0 aliphatic heterocycles. The van der Waals surface area contributed by atoms with Crippen molar-refractivity contribution < 1.29 is 9.53 Å². The lowest BCUT2D eigenvalue weighted by Crippen LogP contribution is -2.15. The van der Waals surface area contributed by atoms with Crippen molar-refractivity contribution in [3.63, 3.8) is 0 Å². The second kappa shape index (κ2) is 8.15. The Morgan fingerprint density at radius 1 is 0.880 bits per heavy atom. The summed E-state index contributed by atoms with van der Waals surface area (Å²) in [5, 5.41) is 3.47. The summed E-state index contributed by atoms with van der Waals surface area (Å²) in [7, 11) is 1.65. The van der Waals surface area contributed by atoms with Gasteiger partial charge in [-0.25, -0.2) is 0 Å². The van der Waals surface area contributed by atoms with E-state index in [-0.39, 0.29) is 11.8 Å². The van der Waals surface area contributed by atoms with Gasteiger partial charge in [0.1, 0.15) is 5.75 Å². The number of methoxy groups -OCH3 is 1. The maximum Gasteiger partial charge on any atom is 0.165 e. The average Bonchev–Trinajstić information content (AvgIpc) is 2.69. The highest BCUT2D eigenvalue weighted by molar-refractivity contribution is 5.96. The molecule has 0 aliphatic carbocycles. The van der Waals surface area contributed by atoms with E-state index in [1.54, 1.807) is 7.11 Å². The molecule has 1 atom stereocenters. The molecule has 0 saturated heterocycles. The summed E-state index contributed by atoms with van der Waals surface area (Å²) in [6.45, 7) is 0. The van der Waals surface area contributed by atoms with E-state index in [0.29, 0.717) is 6.42 Å². The topological polar surface area (TPSA) is 38.3 Å². The predicted molar refractivity (Wildman–Crippen MR) is 101 cm³/mol. The zero-order valence-corrected chi connectivity index (χ0v) is 14.2. The first kappa shape index (κ1) is 16.8. The molecule has 0 saturated carbocycles. The molecule has 3 nitrogen and oxygen atoms in total. The second-order valence-electron chi connectivity index (χ2n) is 5.83. The highest BCUT2D eigenvalue weighted by Gasteiger charge is 2.17. The third kappa shape index (κ3) is 4.48. The number of Topliss-reactive ketones (excluding diaryl/α,β-unsaturated/α-hetero) is 1. The van der Waals surface area contributed by atoms with Gasteiger partial charge in [-0.05, 0) is 29.8 Å². The lowest BCUT2D eigenvalue weighted by molar-refractivity contribution is 0.0976. The highest BCUT2D eigenvalue weighted by Crippen LogP contribution is 2.26. The van der Waals surface area contributed by atoms with Crippen LogP contribution in [0, 0.1) is 0 Å². The van der Waals surface area contributed by atoms with E-state index < -0.39 is 0 Å². The van der Waals surface area contributed by atoms with Crippen LogP contribution in [0.15, 0.2) is 84.9 Å². The van der Waals surface area contributed by atoms with E-state index in [9.17, 15) is 4.79 Å². The molecule has 0 radical (unpaired) electrons. The number of carbonyl (C=O) groups is 1. The molecule has 3 heteroatoms. The van der Waals surface area contributed by atoms with Crippen molar-refractivity contribution in [2.24, 2.45) is 0 Å². The summed E-state index contributed by atoms with van der Waals surface area (Å²) >= 11 is 0. The zero-order chi connectivity index (χ0) is 17.5. The molecule has 0 bridgehead atoms. The number of ketones is 1. The normalized spacial score (nSPS) is 11.6. The molecule has 3 aromatic carbocycles. The minimum Gasteiger partial charge on any atom is -0.497 e. The van der Waals surface area contributed by atoms with Crippen LogP contribution in [0.25, 0.3) is 0 Å². The first-order chi connectivity index (χ1) is 12.3. The summed E-state index contributed by atoms with van der Waals surface area (Å²) in [4.78, 5) is 12.7. The number of hydrogen-bond donors (Lipinski definition) is 1. The maximum absolute atomic E-state index is 12.7. The highest BCUT2D eigenvalue weighted by atomic mass is 16.5. The number of rotatable bonds is 7. The molecule has 0 heterocycles. The Labute approximate surface area is 148 Å². The van der Waals surface area contributed by atoms with Crippen LogP contribution in [0.3, 0.4) is 0 Å². The molecule has 0 aromatic heterocycles. The molecule has 25 heavy (non-hydrogen) atoms. The third-order valence-electron chi connectivity index (χ3n) is 4.12. The first-order valence-electron chi connectivity index (χ1n) is 8.30. The van der Waals surface area contributed by atoms with Crippen LogP contribution in [-0.2, 0) is 0 Å². The van der Waals surface area contributed by atoms with Crippen LogP contribution in [-0.4, -0.2) is 12.9 Å². The third-order valence-corrected chi connectivity index (χ3v) is 4.12. The number of benzene rings is 3. The number of para-hydroxylation sites is 1. The van der Waals surface area contributed by atoms with Gasteiger partial charge >= 0.3 is 0 Å². The number of hydrogen-bond acceptors (Lipinski definition) is 3. The minimum absolute atomic E-state index is 0.110. The van der Waals surface area contributed by atoms with Crippen LogP contribution in [0.5, 0.6) is 5.75 Å². The van der Waals surface area contributed by atoms with E-state index in [2.05, 4.69) is 5.32 Å². The van der Waals surface area contributed by atoms with E-state index in [0.717, 1.165) is 22.6 Å². The van der Waals surface area contributed by atoms with Gasteiger partial charge in [0.25, 0.3) is 0 Å². The quantitative estimate of drug-likeness (QED) is 0.611.